The minimum Gasteiger partial charge on any atom is -0.464 e. The van der Waals surface area contributed by atoms with Crippen LogP contribution in [0.3, 0.4) is 0 Å². The number of hydrogen-bond acceptors (Lipinski definition) is 4. The van der Waals surface area contributed by atoms with Crippen LogP contribution < -0.4 is 4.74 Å². The maximum absolute atomic E-state index is 10.9. The predicted octanol–water partition coefficient (Wildman–Crippen LogP) is 3.18. The zero-order valence-corrected chi connectivity index (χ0v) is 12.8. The molecule has 1 aromatic rings. The van der Waals surface area contributed by atoms with Gasteiger partial charge in [-0.3, -0.25) is 9.69 Å². The molecule has 0 aliphatic rings. The molecule has 0 saturated carbocycles. The first-order valence-electron chi connectivity index (χ1n) is 4.41. The number of nitrogens with zero attached hydrogens (tertiary/aromatic N) is 1. The SMILES string of the molecule is CN(C)C(S)Oc1c(Br)cc(Br)cc1C=O. The molecule has 6 heteroatoms. The second kappa shape index (κ2) is 6.05. The van der Waals surface area contributed by atoms with Gasteiger partial charge in [-0.2, -0.15) is 0 Å². The molecule has 88 valence electrons. The lowest BCUT2D eigenvalue weighted by molar-refractivity contribution is 0.110. The van der Waals surface area contributed by atoms with Gasteiger partial charge >= 0.3 is 0 Å². The summed E-state index contributed by atoms with van der Waals surface area (Å²) in [5.41, 5.74) is 0.0679. The lowest BCUT2D eigenvalue weighted by Gasteiger charge is -2.21. The normalized spacial score (nSPS) is 12.6. The van der Waals surface area contributed by atoms with Gasteiger partial charge in [0, 0.05) is 4.47 Å². The van der Waals surface area contributed by atoms with E-state index in [0.29, 0.717) is 15.8 Å². The van der Waals surface area contributed by atoms with Crippen LogP contribution in [0, 0.1) is 0 Å². The van der Waals surface area contributed by atoms with Crippen molar-refractivity contribution in [1.82, 2.24) is 4.90 Å². The Morgan fingerprint density at radius 1 is 1.44 bits per heavy atom. The topological polar surface area (TPSA) is 29.5 Å². The van der Waals surface area contributed by atoms with Gasteiger partial charge in [0.15, 0.2) is 11.8 Å². The molecule has 0 bridgehead atoms. The van der Waals surface area contributed by atoms with Gasteiger partial charge in [0.25, 0.3) is 0 Å². The summed E-state index contributed by atoms with van der Waals surface area (Å²) in [5, 5.41) is 0. The number of benzene rings is 1. The number of ether oxygens (including phenoxy) is 1. The highest BCUT2D eigenvalue weighted by molar-refractivity contribution is 9.11. The van der Waals surface area contributed by atoms with Crippen molar-refractivity contribution in [2.24, 2.45) is 0 Å². The first-order chi connectivity index (χ1) is 7.45. The molecular weight excluding hydrogens is 358 g/mol. The van der Waals surface area contributed by atoms with Crippen LogP contribution in [0.1, 0.15) is 10.4 Å². The second-order valence-corrected chi connectivity index (χ2v) is 5.54. The molecule has 0 aromatic heterocycles. The standard InChI is InChI=1S/C10H11Br2NO2S/c1-13(2)10(16)15-9-6(5-14)3-7(11)4-8(9)12/h3-5,10,16H,1-2H3. The van der Waals surface area contributed by atoms with Crippen molar-refractivity contribution in [3.05, 3.63) is 26.6 Å². The fourth-order valence-electron chi connectivity index (χ4n) is 1.00. The second-order valence-electron chi connectivity index (χ2n) is 3.33. The first-order valence-corrected chi connectivity index (χ1v) is 6.51. The van der Waals surface area contributed by atoms with Crippen molar-refractivity contribution in [1.29, 1.82) is 0 Å². The third-order valence-electron chi connectivity index (χ3n) is 1.83. The number of hydrogen-bond donors (Lipinski definition) is 1. The average molecular weight is 369 g/mol. The summed E-state index contributed by atoms with van der Waals surface area (Å²) in [4.78, 5) is 12.7. The van der Waals surface area contributed by atoms with Crippen molar-refractivity contribution in [3.8, 4) is 5.75 Å². The molecule has 1 aromatic carbocycles. The number of aldehydes is 1. The number of rotatable bonds is 4. The van der Waals surface area contributed by atoms with Gasteiger partial charge in [0.2, 0.25) is 0 Å². The molecule has 0 spiro atoms. The van der Waals surface area contributed by atoms with E-state index in [4.69, 9.17) is 4.74 Å². The molecule has 0 radical (unpaired) electrons. The zero-order chi connectivity index (χ0) is 12.3. The number of thiol groups is 1. The van der Waals surface area contributed by atoms with Crippen molar-refractivity contribution < 1.29 is 9.53 Å². The van der Waals surface area contributed by atoms with Crippen molar-refractivity contribution in [3.63, 3.8) is 0 Å². The van der Waals surface area contributed by atoms with Gasteiger partial charge in [-0.25, -0.2) is 0 Å². The zero-order valence-electron chi connectivity index (χ0n) is 8.78. The van der Waals surface area contributed by atoms with Crippen molar-refractivity contribution in [2.75, 3.05) is 14.1 Å². The molecule has 0 N–H and O–H groups in total. The molecule has 1 atom stereocenters. The Bertz CT molecular complexity index is 399. The maximum Gasteiger partial charge on any atom is 0.197 e. The largest absolute Gasteiger partial charge is 0.464 e. The molecule has 1 rings (SSSR count). The summed E-state index contributed by atoms with van der Waals surface area (Å²) >= 11 is 10.9. The van der Waals surface area contributed by atoms with E-state index in [1.165, 1.54) is 0 Å². The van der Waals surface area contributed by atoms with Crippen molar-refractivity contribution >= 4 is 50.8 Å². The molecule has 0 amide bonds. The van der Waals surface area contributed by atoms with Crippen LogP contribution in [0.2, 0.25) is 0 Å². The molecular formula is C10H11Br2NO2S. The minimum absolute atomic E-state index is 0.406. The summed E-state index contributed by atoms with van der Waals surface area (Å²) in [6, 6.07) is 3.52. The van der Waals surface area contributed by atoms with Crippen LogP contribution in [0.4, 0.5) is 0 Å². The highest BCUT2D eigenvalue weighted by atomic mass is 79.9. The first kappa shape index (κ1) is 14.0. The van der Waals surface area contributed by atoms with Crippen LogP contribution in [0.5, 0.6) is 5.75 Å². The summed E-state index contributed by atoms with van der Waals surface area (Å²) in [7, 11) is 3.68. The van der Waals surface area contributed by atoms with E-state index in [1.54, 1.807) is 11.0 Å². The van der Waals surface area contributed by atoms with Gasteiger partial charge in [-0.05, 0) is 42.2 Å². The smallest absolute Gasteiger partial charge is 0.197 e. The van der Waals surface area contributed by atoms with E-state index in [2.05, 4.69) is 44.5 Å². The monoisotopic (exact) mass is 367 g/mol. The minimum atomic E-state index is -0.406. The van der Waals surface area contributed by atoms with Gasteiger partial charge in [0.1, 0.15) is 5.75 Å². The highest BCUT2D eigenvalue weighted by Crippen LogP contribution is 2.33. The third kappa shape index (κ3) is 3.48. The van der Waals surface area contributed by atoms with Gasteiger partial charge in [-0.15, -0.1) is 12.6 Å². The Labute approximate surface area is 117 Å². The highest BCUT2D eigenvalue weighted by Gasteiger charge is 2.14. The Balaban J connectivity index is 3.07. The van der Waals surface area contributed by atoms with Gasteiger partial charge < -0.3 is 4.74 Å². The number of halogens is 2. The lowest BCUT2D eigenvalue weighted by Crippen LogP contribution is -2.28. The molecule has 0 aliphatic heterocycles. The van der Waals surface area contributed by atoms with Crippen LogP contribution in [0.25, 0.3) is 0 Å². The quantitative estimate of drug-likeness (QED) is 0.502. The van der Waals surface area contributed by atoms with E-state index in [9.17, 15) is 4.79 Å². The molecule has 0 fully saturated rings. The molecule has 1 unspecified atom stereocenters. The van der Waals surface area contributed by atoms with E-state index >= 15 is 0 Å². The fourth-order valence-corrected chi connectivity index (χ4v) is 2.46. The Morgan fingerprint density at radius 2 is 2.06 bits per heavy atom. The third-order valence-corrected chi connectivity index (χ3v) is 3.44. The van der Waals surface area contributed by atoms with E-state index < -0.39 is 5.56 Å². The Kier molecular flexibility index (Phi) is 5.30. The molecule has 16 heavy (non-hydrogen) atoms. The molecule has 0 heterocycles. The molecule has 0 saturated heterocycles. The summed E-state index contributed by atoms with van der Waals surface area (Å²) in [6.45, 7) is 0. The fraction of sp³-hybridized carbons (Fsp3) is 0.300. The summed E-state index contributed by atoms with van der Waals surface area (Å²) < 4.78 is 7.10. The van der Waals surface area contributed by atoms with Crippen LogP contribution in [0.15, 0.2) is 21.1 Å². The predicted molar refractivity (Wildman–Crippen MR) is 74.3 cm³/mol. The Morgan fingerprint density at radius 3 is 2.56 bits per heavy atom. The number of carbonyl (C=O) groups excluding carboxylic acids is 1. The van der Waals surface area contributed by atoms with E-state index in [-0.39, 0.29) is 0 Å². The Hall–Kier alpha value is -0.0400. The number of carbonyl (C=O) groups is 1. The van der Waals surface area contributed by atoms with Gasteiger partial charge in [0.05, 0.1) is 10.0 Å². The van der Waals surface area contributed by atoms with E-state index in [1.807, 2.05) is 20.2 Å². The molecule has 0 aliphatic carbocycles. The lowest BCUT2D eigenvalue weighted by atomic mass is 10.2. The van der Waals surface area contributed by atoms with E-state index in [0.717, 1.165) is 10.8 Å². The summed E-state index contributed by atoms with van der Waals surface area (Å²) in [5.74, 6) is 0.493. The average Bonchev–Trinajstić information content (AvgIpc) is 2.21. The van der Waals surface area contributed by atoms with Gasteiger partial charge in [-0.1, -0.05) is 15.9 Å². The maximum atomic E-state index is 10.9. The molecule has 3 nitrogen and oxygen atoms in total. The van der Waals surface area contributed by atoms with Crippen LogP contribution >= 0.6 is 44.5 Å². The van der Waals surface area contributed by atoms with Crippen LogP contribution in [-0.2, 0) is 0 Å². The van der Waals surface area contributed by atoms with Crippen LogP contribution in [-0.4, -0.2) is 30.8 Å². The van der Waals surface area contributed by atoms with Crippen molar-refractivity contribution in [2.45, 2.75) is 5.56 Å². The summed E-state index contributed by atoms with van der Waals surface area (Å²) in [6.07, 6.45) is 0.751.